The van der Waals surface area contributed by atoms with Crippen LogP contribution < -0.4 is 0 Å². The number of rotatable bonds is 4. The molecular weight excluding hydrogens is 627 g/mol. The van der Waals surface area contributed by atoms with Gasteiger partial charge in [-0.25, -0.2) is 15.0 Å². The highest BCUT2D eigenvalue weighted by atomic mass is 32.2. The number of fused-ring (bicyclic) bond motifs is 9. The Morgan fingerprint density at radius 2 is 0.780 bits per heavy atom. The van der Waals surface area contributed by atoms with E-state index in [1.54, 1.807) is 0 Å². The number of aromatic nitrogens is 3. The van der Waals surface area contributed by atoms with E-state index in [-0.39, 0.29) is 5.41 Å². The summed E-state index contributed by atoms with van der Waals surface area (Å²) in [6.45, 7) is 0. The standard InChI is InChI=1S/C46H29N3S/c1-3-14-30(15-4-1)43-47-44(31-16-5-2-6-17-31)49-45(48-43)34-19-13-18-32(28-34)33-26-27-40-42(29-33)50-41-25-12-11-24-39(41)46(40)37-22-9-7-20-35(37)36-21-8-10-23-38(36)46/h1-29H. The topological polar surface area (TPSA) is 38.7 Å². The first-order valence-corrected chi connectivity index (χ1v) is 17.7. The highest BCUT2D eigenvalue weighted by Gasteiger charge is 2.49. The lowest BCUT2D eigenvalue weighted by Crippen LogP contribution is -2.31. The summed E-state index contributed by atoms with van der Waals surface area (Å²) >= 11 is 1.87. The normalized spacial score (nSPS) is 13.3. The summed E-state index contributed by atoms with van der Waals surface area (Å²) in [6.07, 6.45) is 0. The molecule has 0 saturated carbocycles. The van der Waals surface area contributed by atoms with E-state index in [1.807, 2.05) is 72.4 Å². The van der Waals surface area contributed by atoms with Crippen molar-refractivity contribution in [3.8, 4) is 56.4 Å². The van der Waals surface area contributed by atoms with E-state index >= 15 is 0 Å². The van der Waals surface area contributed by atoms with E-state index in [4.69, 9.17) is 15.0 Å². The Kier molecular flexibility index (Phi) is 6.64. The van der Waals surface area contributed by atoms with Crippen LogP contribution >= 0.6 is 11.8 Å². The maximum atomic E-state index is 4.99. The van der Waals surface area contributed by atoms with E-state index in [1.165, 1.54) is 43.2 Å². The van der Waals surface area contributed by atoms with Gasteiger partial charge in [-0.05, 0) is 62.7 Å². The second-order valence-corrected chi connectivity index (χ2v) is 13.9. The zero-order chi connectivity index (χ0) is 33.1. The van der Waals surface area contributed by atoms with Gasteiger partial charge >= 0.3 is 0 Å². The molecule has 0 atom stereocenters. The van der Waals surface area contributed by atoms with E-state index in [9.17, 15) is 0 Å². The van der Waals surface area contributed by atoms with E-state index in [0.29, 0.717) is 17.5 Å². The van der Waals surface area contributed by atoms with E-state index in [0.717, 1.165) is 27.8 Å². The van der Waals surface area contributed by atoms with Crippen molar-refractivity contribution in [2.24, 2.45) is 0 Å². The molecule has 1 aliphatic heterocycles. The van der Waals surface area contributed by atoms with Crippen molar-refractivity contribution in [3.05, 3.63) is 198 Å². The average Bonchev–Trinajstić information content (AvgIpc) is 3.49. The van der Waals surface area contributed by atoms with Gasteiger partial charge in [0, 0.05) is 26.5 Å². The third-order valence-corrected chi connectivity index (χ3v) is 11.1. The van der Waals surface area contributed by atoms with Gasteiger partial charge in [0.2, 0.25) is 0 Å². The van der Waals surface area contributed by atoms with E-state index in [2.05, 4.69) is 115 Å². The Morgan fingerprint density at radius 1 is 0.320 bits per heavy atom. The number of hydrogen-bond acceptors (Lipinski definition) is 4. The maximum absolute atomic E-state index is 4.99. The number of benzene rings is 7. The van der Waals surface area contributed by atoms with E-state index < -0.39 is 0 Å². The highest BCUT2D eigenvalue weighted by Crippen LogP contribution is 2.62. The summed E-state index contributed by atoms with van der Waals surface area (Å²) in [4.78, 5) is 17.4. The Bertz CT molecular complexity index is 2480. The van der Waals surface area contributed by atoms with Gasteiger partial charge in [0.25, 0.3) is 0 Å². The molecule has 1 aliphatic carbocycles. The fraction of sp³-hybridized carbons (Fsp3) is 0.0217. The fourth-order valence-electron chi connectivity index (χ4n) is 7.82. The molecule has 8 aromatic rings. The molecule has 7 aromatic carbocycles. The summed E-state index contributed by atoms with van der Waals surface area (Å²) in [7, 11) is 0. The van der Waals surface area contributed by atoms with Crippen LogP contribution in [0.25, 0.3) is 56.4 Å². The third kappa shape index (κ3) is 4.42. The van der Waals surface area contributed by atoms with Crippen molar-refractivity contribution < 1.29 is 0 Å². The fourth-order valence-corrected chi connectivity index (χ4v) is 9.05. The van der Waals surface area contributed by atoms with Gasteiger partial charge in [-0.2, -0.15) is 0 Å². The van der Waals surface area contributed by atoms with Crippen molar-refractivity contribution in [1.29, 1.82) is 0 Å². The van der Waals surface area contributed by atoms with Crippen LogP contribution in [-0.4, -0.2) is 15.0 Å². The molecule has 0 N–H and O–H groups in total. The number of nitrogens with zero attached hydrogens (tertiary/aromatic N) is 3. The lowest BCUT2D eigenvalue weighted by atomic mass is 9.67. The van der Waals surface area contributed by atoms with Gasteiger partial charge in [0.05, 0.1) is 5.41 Å². The second kappa shape index (κ2) is 11.5. The quantitative estimate of drug-likeness (QED) is 0.189. The van der Waals surface area contributed by atoms with Crippen LogP contribution in [0.4, 0.5) is 0 Å². The zero-order valence-electron chi connectivity index (χ0n) is 27.0. The zero-order valence-corrected chi connectivity index (χ0v) is 27.8. The lowest BCUT2D eigenvalue weighted by molar-refractivity contribution is 0.722. The van der Waals surface area contributed by atoms with Gasteiger partial charge in [0.1, 0.15) is 0 Å². The molecule has 0 fully saturated rings. The lowest BCUT2D eigenvalue weighted by Gasteiger charge is -2.39. The predicted molar refractivity (Wildman–Crippen MR) is 203 cm³/mol. The monoisotopic (exact) mass is 655 g/mol. The van der Waals surface area contributed by atoms with Crippen molar-refractivity contribution in [1.82, 2.24) is 15.0 Å². The molecule has 0 amide bonds. The van der Waals surface area contributed by atoms with Gasteiger partial charge in [-0.15, -0.1) is 0 Å². The first-order chi connectivity index (χ1) is 24.8. The molecule has 10 rings (SSSR count). The SMILES string of the molecule is c1ccc(-c2nc(-c3ccccc3)nc(-c3cccc(-c4ccc5c(c4)Sc4ccccc4C54c5ccccc5-c5ccccc54)c3)n2)cc1. The van der Waals surface area contributed by atoms with Gasteiger partial charge < -0.3 is 0 Å². The maximum Gasteiger partial charge on any atom is 0.164 e. The van der Waals surface area contributed by atoms with Crippen LogP contribution in [0.5, 0.6) is 0 Å². The predicted octanol–water partition coefficient (Wildman–Crippen LogP) is 11.4. The molecule has 0 radical (unpaired) electrons. The smallest absolute Gasteiger partial charge is 0.164 e. The molecule has 3 nitrogen and oxygen atoms in total. The molecule has 2 aliphatic rings. The van der Waals surface area contributed by atoms with Crippen LogP contribution in [0.3, 0.4) is 0 Å². The Hall–Kier alpha value is -6.10. The Morgan fingerprint density at radius 3 is 1.42 bits per heavy atom. The highest BCUT2D eigenvalue weighted by molar-refractivity contribution is 7.99. The van der Waals surface area contributed by atoms with Crippen LogP contribution in [0, 0.1) is 0 Å². The first kappa shape index (κ1) is 28.9. The summed E-state index contributed by atoms with van der Waals surface area (Å²) < 4.78 is 0. The molecule has 4 heteroatoms. The molecular formula is C46H29N3S. The summed E-state index contributed by atoms with van der Waals surface area (Å²) in [5.74, 6) is 1.97. The second-order valence-electron chi connectivity index (χ2n) is 12.8. The molecule has 0 unspecified atom stereocenters. The summed E-state index contributed by atoms with van der Waals surface area (Å²) in [5.41, 5.74) is 12.8. The average molecular weight is 656 g/mol. The summed E-state index contributed by atoms with van der Waals surface area (Å²) in [6, 6.07) is 62.7. The molecule has 50 heavy (non-hydrogen) atoms. The van der Waals surface area contributed by atoms with Crippen molar-refractivity contribution in [3.63, 3.8) is 0 Å². The van der Waals surface area contributed by atoms with Crippen LogP contribution in [-0.2, 0) is 5.41 Å². The summed E-state index contributed by atoms with van der Waals surface area (Å²) in [5, 5.41) is 0. The first-order valence-electron chi connectivity index (χ1n) is 16.9. The van der Waals surface area contributed by atoms with Crippen molar-refractivity contribution in [2.45, 2.75) is 15.2 Å². The van der Waals surface area contributed by atoms with Crippen molar-refractivity contribution in [2.75, 3.05) is 0 Å². The number of hydrogen-bond donors (Lipinski definition) is 0. The van der Waals surface area contributed by atoms with Crippen LogP contribution in [0.1, 0.15) is 22.3 Å². The minimum atomic E-state index is -0.378. The molecule has 234 valence electrons. The molecule has 2 heterocycles. The molecule has 1 spiro atoms. The Balaban J connectivity index is 1.12. The van der Waals surface area contributed by atoms with Crippen LogP contribution in [0.2, 0.25) is 0 Å². The van der Waals surface area contributed by atoms with Gasteiger partial charge in [0.15, 0.2) is 17.5 Å². The van der Waals surface area contributed by atoms with Crippen molar-refractivity contribution >= 4 is 11.8 Å². The minimum Gasteiger partial charge on any atom is -0.208 e. The molecule has 0 bridgehead atoms. The Labute approximate surface area is 295 Å². The third-order valence-electron chi connectivity index (χ3n) is 10.0. The largest absolute Gasteiger partial charge is 0.208 e. The van der Waals surface area contributed by atoms with Crippen LogP contribution in [0.15, 0.2) is 186 Å². The minimum absolute atomic E-state index is 0.378. The molecule has 0 saturated heterocycles. The van der Waals surface area contributed by atoms with Gasteiger partial charge in [-0.1, -0.05) is 169 Å². The molecule has 1 aromatic heterocycles. The van der Waals surface area contributed by atoms with Gasteiger partial charge in [-0.3, -0.25) is 0 Å².